The van der Waals surface area contributed by atoms with Crippen LogP contribution >= 0.6 is 0 Å². The molecular formula is C37H47FN4O4. The van der Waals surface area contributed by atoms with Crippen LogP contribution in [-0.4, -0.2) is 53.4 Å². The third-order valence-electron chi connectivity index (χ3n) is 8.46. The molecular weight excluding hydrogens is 583 g/mol. The second-order valence-corrected chi connectivity index (χ2v) is 12.5. The van der Waals surface area contributed by atoms with Crippen LogP contribution < -0.4 is 21.1 Å². The first-order chi connectivity index (χ1) is 22.0. The minimum atomic E-state index is -0.576. The predicted octanol–water partition coefficient (Wildman–Crippen LogP) is 6.35. The summed E-state index contributed by atoms with van der Waals surface area (Å²) in [5.41, 5.74) is 8.91. The molecule has 1 heterocycles. The van der Waals surface area contributed by atoms with Crippen LogP contribution in [0.4, 0.5) is 10.1 Å². The molecule has 3 aromatic carbocycles. The van der Waals surface area contributed by atoms with E-state index in [2.05, 4.69) is 17.6 Å². The molecule has 1 unspecified atom stereocenters. The number of nitrogens with two attached hydrogens (primary N) is 1. The molecule has 0 spiro atoms. The van der Waals surface area contributed by atoms with Crippen molar-refractivity contribution in [1.82, 2.24) is 10.2 Å². The standard InChI is InChI=1S/C37H47FN4O4/c1-5-31-13-9-10-18-42(31)37(45)28-21-27(22-32(23-28)46-24(2)3)36(44)41-34(20-26-11-7-6-8-12-26)33(39)19-25(4)35(43)40-30-16-14-29(38)15-17-30/h6-8,11-12,14-17,21-25,31,33-34H,5,9-10,13,18-20,39H2,1-4H3,(H,40,43)(H,41,44)/t25-,31?,33+,34+/m1/s1. The number of anilines is 1. The van der Waals surface area contributed by atoms with Gasteiger partial charge in [0.25, 0.3) is 11.8 Å². The summed E-state index contributed by atoms with van der Waals surface area (Å²) < 4.78 is 19.3. The summed E-state index contributed by atoms with van der Waals surface area (Å²) in [6, 6.07) is 19.4. The van der Waals surface area contributed by atoms with Gasteiger partial charge in [0.15, 0.2) is 0 Å². The molecule has 1 aliphatic heterocycles. The monoisotopic (exact) mass is 630 g/mol. The number of piperidine rings is 1. The number of hydrogen-bond acceptors (Lipinski definition) is 5. The van der Waals surface area contributed by atoms with Crippen LogP contribution in [0, 0.1) is 11.7 Å². The Morgan fingerprint density at radius 3 is 2.35 bits per heavy atom. The molecule has 0 radical (unpaired) electrons. The Morgan fingerprint density at radius 2 is 1.67 bits per heavy atom. The molecule has 4 atom stereocenters. The van der Waals surface area contributed by atoms with Crippen molar-refractivity contribution in [2.24, 2.45) is 11.7 Å². The number of rotatable bonds is 13. The van der Waals surface area contributed by atoms with Crippen LogP contribution in [0.2, 0.25) is 0 Å². The average molecular weight is 631 g/mol. The molecule has 4 rings (SSSR count). The predicted molar refractivity (Wildman–Crippen MR) is 179 cm³/mol. The minimum absolute atomic E-state index is 0.103. The van der Waals surface area contributed by atoms with Gasteiger partial charge in [0.05, 0.1) is 6.10 Å². The number of hydrogen-bond donors (Lipinski definition) is 3. The van der Waals surface area contributed by atoms with Gasteiger partial charge in [-0.25, -0.2) is 4.39 Å². The normalized spacial score (nSPS) is 16.8. The molecule has 3 aromatic rings. The zero-order chi connectivity index (χ0) is 33.2. The van der Waals surface area contributed by atoms with Crippen molar-refractivity contribution in [2.75, 3.05) is 11.9 Å². The van der Waals surface area contributed by atoms with E-state index in [4.69, 9.17) is 10.5 Å². The van der Waals surface area contributed by atoms with E-state index in [0.717, 1.165) is 31.2 Å². The Labute approximate surface area is 271 Å². The van der Waals surface area contributed by atoms with Gasteiger partial charge in [-0.3, -0.25) is 14.4 Å². The maximum absolute atomic E-state index is 13.9. The summed E-state index contributed by atoms with van der Waals surface area (Å²) in [5.74, 6) is -1.16. The van der Waals surface area contributed by atoms with E-state index < -0.39 is 18.0 Å². The number of likely N-dealkylation sites (tertiary alicyclic amines) is 1. The zero-order valence-electron chi connectivity index (χ0n) is 27.3. The molecule has 0 saturated carbocycles. The van der Waals surface area contributed by atoms with Gasteiger partial charge < -0.3 is 26.0 Å². The van der Waals surface area contributed by atoms with Crippen molar-refractivity contribution >= 4 is 23.4 Å². The van der Waals surface area contributed by atoms with Crippen molar-refractivity contribution < 1.29 is 23.5 Å². The number of carbonyl (C=O) groups is 3. The lowest BCUT2D eigenvalue weighted by Gasteiger charge is -2.35. The van der Waals surface area contributed by atoms with Gasteiger partial charge in [0, 0.05) is 47.4 Å². The van der Waals surface area contributed by atoms with Gasteiger partial charge in [0.1, 0.15) is 11.6 Å². The molecule has 1 saturated heterocycles. The van der Waals surface area contributed by atoms with Crippen molar-refractivity contribution in [3.05, 3.63) is 95.3 Å². The first kappa shape index (κ1) is 34.6. The van der Waals surface area contributed by atoms with E-state index in [-0.39, 0.29) is 35.7 Å². The van der Waals surface area contributed by atoms with Gasteiger partial charge in [-0.05, 0) is 100 Å². The van der Waals surface area contributed by atoms with E-state index in [0.29, 0.717) is 42.0 Å². The second kappa shape index (κ2) is 16.4. The molecule has 0 aliphatic carbocycles. The summed E-state index contributed by atoms with van der Waals surface area (Å²) in [7, 11) is 0. The van der Waals surface area contributed by atoms with Crippen molar-refractivity contribution in [3.8, 4) is 5.75 Å². The van der Waals surface area contributed by atoms with Crippen molar-refractivity contribution in [3.63, 3.8) is 0 Å². The number of halogens is 1. The maximum Gasteiger partial charge on any atom is 0.254 e. The number of nitrogens with zero attached hydrogens (tertiary/aromatic N) is 1. The van der Waals surface area contributed by atoms with E-state index in [9.17, 15) is 18.8 Å². The number of benzene rings is 3. The lowest BCUT2D eigenvalue weighted by Crippen LogP contribution is -2.50. The van der Waals surface area contributed by atoms with Crippen LogP contribution in [-0.2, 0) is 11.2 Å². The highest BCUT2D eigenvalue weighted by atomic mass is 19.1. The number of nitrogens with one attached hydrogen (secondary N) is 2. The SMILES string of the molecule is CCC1CCCCN1C(=O)c1cc(OC(C)C)cc(C(=O)N[C@@H](Cc2ccccc2)[C@@H](N)C[C@@H](C)C(=O)Nc2ccc(F)cc2)c1. The fourth-order valence-electron chi connectivity index (χ4n) is 5.96. The molecule has 8 nitrogen and oxygen atoms in total. The number of carbonyl (C=O) groups excluding carboxylic acids is 3. The molecule has 1 fully saturated rings. The fourth-order valence-corrected chi connectivity index (χ4v) is 5.96. The summed E-state index contributed by atoms with van der Waals surface area (Å²) >= 11 is 0. The van der Waals surface area contributed by atoms with Crippen LogP contribution in [0.5, 0.6) is 5.75 Å². The molecule has 9 heteroatoms. The molecule has 3 amide bonds. The minimum Gasteiger partial charge on any atom is -0.491 e. The van der Waals surface area contributed by atoms with Crippen LogP contribution in [0.15, 0.2) is 72.8 Å². The highest BCUT2D eigenvalue weighted by Crippen LogP contribution is 2.26. The van der Waals surface area contributed by atoms with Crippen molar-refractivity contribution in [1.29, 1.82) is 0 Å². The van der Waals surface area contributed by atoms with E-state index >= 15 is 0 Å². The van der Waals surface area contributed by atoms with Gasteiger partial charge >= 0.3 is 0 Å². The van der Waals surface area contributed by atoms with Crippen molar-refractivity contribution in [2.45, 2.75) is 90.4 Å². The van der Waals surface area contributed by atoms with Crippen LogP contribution in [0.1, 0.15) is 86.1 Å². The van der Waals surface area contributed by atoms with Crippen LogP contribution in [0.3, 0.4) is 0 Å². The van der Waals surface area contributed by atoms with Gasteiger partial charge in [0.2, 0.25) is 5.91 Å². The van der Waals surface area contributed by atoms with Gasteiger partial charge in [-0.2, -0.15) is 0 Å². The topological polar surface area (TPSA) is 114 Å². The largest absolute Gasteiger partial charge is 0.491 e. The Balaban J connectivity index is 1.55. The second-order valence-electron chi connectivity index (χ2n) is 12.5. The lowest BCUT2D eigenvalue weighted by molar-refractivity contribution is -0.119. The highest BCUT2D eigenvalue weighted by molar-refractivity contribution is 6.00. The van der Waals surface area contributed by atoms with Gasteiger partial charge in [-0.15, -0.1) is 0 Å². The summed E-state index contributed by atoms with van der Waals surface area (Å²) in [6.07, 6.45) is 4.48. The molecule has 46 heavy (non-hydrogen) atoms. The van der Waals surface area contributed by atoms with Gasteiger partial charge in [-0.1, -0.05) is 44.2 Å². The summed E-state index contributed by atoms with van der Waals surface area (Å²) in [4.78, 5) is 42.5. The lowest BCUT2D eigenvalue weighted by atomic mass is 9.91. The van der Waals surface area contributed by atoms with E-state index in [1.165, 1.54) is 24.3 Å². The summed E-state index contributed by atoms with van der Waals surface area (Å²) in [6.45, 7) is 8.35. The molecule has 1 aliphatic rings. The Bertz CT molecular complexity index is 1460. The third kappa shape index (κ3) is 9.63. The third-order valence-corrected chi connectivity index (χ3v) is 8.46. The number of ether oxygens (including phenoxy) is 1. The molecule has 4 N–H and O–H groups in total. The zero-order valence-corrected chi connectivity index (χ0v) is 27.3. The average Bonchev–Trinajstić information content (AvgIpc) is 3.05. The Hall–Kier alpha value is -4.24. The highest BCUT2D eigenvalue weighted by Gasteiger charge is 2.29. The first-order valence-corrected chi connectivity index (χ1v) is 16.3. The molecule has 246 valence electrons. The van der Waals surface area contributed by atoms with Crippen LogP contribution in [0.25, 0.3) is 0 Å². The smallest absolute Gasteiger partial charge is 0.254 e. The van der Waals surface area contributed by atoms with E-state index in [1.54, 1.807) is 25.1 Å². The Morgan fingerprint density at radius 1 is 0.978 bits per heavy atom. The molecule has 0 aromatic heterocycles. The number of amides is 3. The summed E-state index contributed by atoms with van der Waals surface area (Å²) in [5, 5.41) is 5.91. The molecule has 0 bridgehead atoms. The Kier molecular flexibility index (Phi) is 12.3. The van der Waals surface area contributed by atoms with E-state index in [1.807, 2.05) is 49.1 Å². The maximum atomic E-state index is 13.9. The quantitative estimate of drug-likeness (QED) is 0.204. The fraction of sp³-hybridized carbons (Fsp3) is 0.432. The first-order valence-electron chi connectivity index (χ1n) is 16.3.